The van der Waals surface area contributed by atoms with Crippen molar-refractivity contribution in [3.63, 3.8) is 0 Å². The van der Waals surface area contributed by atoms with Gasteiger partial charge in [-0.15, -0.1) is 12.4 Å². The zero-order valence-electron chi connectivity index (χ0n) is 11.5. The molecule has 110 valence electrons. The highest BCUT2D eigenvalue weighted by atomic mass is 35.5. The van der Waals surface area contributed by atoms with Gasteiger partial charge in [0.25, 0.3) is 5.91 Å². The van der Waals surface area contributed by atoms with Crippen LogP contribution in [0.15, 0.2) is 18.2 Å². The van der Waals surface area contributed by atoms with E-state index >= 15 is 0 Å². The summed E-state index contributed by atoms with van der Waals surface area (Å²) in [7, 11) is 0. The standard InChI is InChI=1S/C15H20N2O2.ClH/c18-15(14-10-16-8-9-19-14)17-13-7-3-5-11-4-1-2-6-12(11)13;/h3,5,7,14,16H,1-2,4,6,8-10H2,(H,17,18);1H. The van der Waals surface area contributed by atoms with Crippen LogP contribution < -0.4 is 10.6 Å². The minimum atomic E-state index is -0.367. The van der Waals surface area contributed by atoms with Crippen molar-refractivity contribution in [2.45, 2.75) is 31.8 Å². The SMILES string of the molecule is Cl.O=C(Nc1cccc2c1CCCC2)C1CNCCO1. The fraction of sp³-hybridized carbons (Fsp3) is 0.533. The molecule has 1 unspecified atom stereocenters. The minimum Gasteiger partial charge on any atom is -0.366 e. The van der Waals surface area contributed by atoms with Gasteiger partial charge in [0, 0.05) is 18.8 Å². The molecule has 20 heavy (non-hydrogen) atoms. The van der Waals surface area contributed by atoms with E-state index in [4.69, 9.17) is 4.74 Å². The van der Waals surface area contributed by atoms with E-state index in [1.54, 1.807) is 0 Å². The third kappa shape index (κ3) is 3.32. The zero-order valence-corrected chi connectivity index (χ0v) is 12.3. The van der Waals surface area contributed by atoms with E-state index in [9.17, 15) is 4.79 Å². The number of halogens is 1. The average molecular weight is 297 g/mol. The third-order valence-electron chi connectivity index (χ3n) is 3.87. The van der Waals surface area contributed by atoms with Crippen molar-refractivity contribution in [1.82, 2.24) is 5.32 Å². The van der Waals surface area contributed by atoms with E-state index in [1.165, 1.54) is 24.0 Å². The van der Waals surface area contributed by atoms with Crippen molar-refractivity contribution in [2.75, 3.05) is 25.0 Å². The molecule has 2 aliphatic rings. The number of anilines is 1. The highest BCUT2D eigenvalue weighted by Crippen LogP contribution is 2.27. The number of nitrogens with one attached hydrogen (secondary N) is 2. The first kappa shape index (κ1) is 15.3. The molecule has 0 radical (unpaired) electrons. The zero-order chi connectivity index (χ0) is 13.1. The number of aryl methyl sites for hydroxylation is 1. The van der Waals surface area contributed by atoms with Gasteiger partial charge in [-0.2, -0.15) is 0 Å². The predicted octanol–water partition coefficient (Wildman–Crippen LogP) is 1.91. The number of morpholine rings is 1. The molecule has 3 rings (SSSR count). The lowest BCUT2D eigenvalue weighted by atomic mass is 9.90. The van der Waals surface area contributed by atoms with Crippen molar-refractivity contribution in [2.24, 2.45) is 0 Å². The first-order valence-electron chi connectivity index (χ1n) is 7.08. The van der Waals surface area contributed by atoms with Gasteiger partial charge in [-0.05, 0) is 42.9 Å². The fourth-order valence-electron chi connectivity index (χ4n) is 2.85. The molecular weight excluding hydrogens is 276 g/mol. The largest absolute Gasteiger partial charge is 0.366 e. The van der Waals surface area contributed by atoms with E-state index in [1.807, 2.05) is 12.1 Å². The molecule has 4 nitrogen and oxygen atoms in total. The summed E-state index contributed by atoms with van der Waals surface area (Å²) in [6.07, 6.45) is 4.28. The van der Waals surface area contributed by atoms with Crippen molar-refractivity contribution in [1.29, 1.82) is 0 Å². The number of fused-ring (bicyclic) bond motifs is 1. The Balaban J connectivity index is 0.00000147. The van der Waals surface area contributed by atoms with Crippen LogP contribution in [0, 0.1) is 0 Å². The van der Waals surface area contributed by atoms with Gasteiger partial charge in [0.2, 0.25) is 0 Å². The maximum absolute atomic E-state index is 12.2. The van der Waals surface area contributed by atoms with Crippen LogP contribution in [0.5, 0.6) is 0 Å². The van der Waals surface area contributed by atoms with Crippen LogP contribution in [0.3, 0.4) is 0 Å². The molecule has 0 spiro atoms. The van der Waals surface area contributed by atoms with Crippen LogP contribution in [0.25, 0.3) is 0 Å². The van der Waals surface area contributed by atoms with E-state index in [0.717, 1.165) is 25.1 Å². The Hall–Kier alpha value is -1.10. The molecular formula is C15H21ClN2O2. The predicted molar refractivity (Wildman–Crippen MR) is 81.6 cm³/mol. The van der Waals surface area contributed by atoms with Gasteiger partial charge < -0.3 is 15.4 Å². The van der Waals surface area contributed by atoms with Crippen molar-refractivity contribution in [3.8, 4) is 0 Å². The number of hydrogen-bond acceptors (Lipinski definition) is 3. The first-order valence-corrected chi connectivity index (χ1v) is 7.08. The molecule has 1 amide bonds. The Morgan fingerprint density at radius 1 is 1.30 bits per heavy atom. The van der Waals surface area contributed by atoms with Crippen LogP contribution >= 0.6 is 12.4 Å². The van der Waals surface area contributed by atoms with Gasteiger partial charge in [0.1, 0.15) is 6.10 Å². The van der Waals surface area contributed by atoms with E-state index in [2.05, 4.69) is 16.7 Å². The van der Waals surface area contributed by atoms with E-state index in [-0.39, 0.29) is 24.4 Å². The highest BCUT2D eigenvalue weighted by Gasteiger charge is 2.23. The third-order valence-corrected chi connectivity index (χ3v) is 3.87. The number of hydrogen-bond donors (Lipinski definition) is 2. The lowest BCUT2D eigenvalue weighted by Gasteiger charge is -2.24. The quantitative estimate of drug-likeness (QED) is 0.876. The summed E-state index contributed by atoms with van der Waals surface area (Å²) in [5.74, 6) is -0.0360. The maximum atomic E-state index is 12.2. The smallest absolute Gasteiger partial charge is 0.254 e. The van der Waals surface area contributed by atoms with Crippen molar-refractivity contribution in [3.05, 3.63) is 29.3 Å². The summed E-state index contributed by atoms with van der Waals surface area (Å²) >= 11 is 0. The molecule has 1 atom stereocenters. The van der Waals surface area contributed by atoms with Gasteiger partial charge in [-0.25, -0.2) is 0 Å². The van der Waals surface area contributed by atoms with Crippen LogP contribution in [0.4, 0.5) is 5.69 Å². The Bertz CT molecular complexity index is 473. The normalized spacial score (nSPS) is 21.5. The molecule has 0 aromatic heterocycles. The fourth-order valence-corrected chi connectivity index (χ4v) is 2.85. The second kappa shape index (κ2) is 7.07. The minimum absolute atomic E-state index is 0. The van der Waals surface area contributed by atoms with Crippen LogP contribution in [0.1, 0.15) is 24.0 Å². The Labute approximate surface area is 125 Å². The molecule has 1 aliphatic carbocycles. The summed E-state index contributed by atoms with van der Waals surface area (Å²) in [5.41, 5.74) is 3.66. The Morgan fingerprint density at radius 3 is 2.95 bits per heavy atom. The van der Waals surface area contributed by atoms with Gasteiger partial charge in [0.05, 0.1) is 6.61 Å². The van der Waals surface area contributed by atoms with Gasteiger partial charge in [0.15, 0.2) is 0 Å². The molecule has 0 bridgehead atoms. The monoisotopic (exact) mass is 296 g/mol. The number of carbonyl (C=O) groups is 1. The molecule has 1 heterocycles. The summed E-state index contributed by atoms with van der Waals surface area (Å²) < 4.78 is 5.48. The van der Waals surface area contributed by atoms with Gasteiger partial charge in [-0.1, -0.05) is 12.1 Å². The number of ether oxygens (including phenoxy) is 1. The summed E-state index contributed by atoms with van der Waals surface area (Å²) in [5, 5.41) is 6.21. The Morgan fingerprint density at radius 2 is 2.15 bits per heavy atom. The maximum Gasteiger partial charge on any atom is 0.254 e. The van der Waals surface area contributed by atoms with Crippen molar-refractivity contribution < 1.29 is 9.53 Å². The lowest BCUT2D eigenvalue weighted by Crippen LogP contribution is -2.45. The highest BCUT2D eigenvalue weighted by molar-refractivity contribution is 5.95. The second-order valence-corrected chi connectivity index (χ2v) is 5.20. The first-order chi connectivity index (χ1) is 9.34. The van der Waals surface area contributed by atoms with Crippen LogP contribution in [0.2, 0.25) is 0 Å². The van der Waals surface area contributed by atoms with Gasteiger partial charge in [-0.3, -0.25) is 4.79 Å². The topological polar surface area (TPSA) is 50.4 Å². The number of carbonyl (C=O) groups excluding carboxylic acids is 1. The molecule has 5 heteroatoms. The summed E-state index contributed by atoms with van der Waals surface area (Å²) in [4.78, 5) is 12.2. The van der Waals surface area contributed by atoms with E-state index < -0.39 is 0 Å². The summed E-state index contributed by atoms with van der Waals surface area (Å²) in [6.45, 7) is 2.02. The second-order valence-electron chi connectivity index (χ2n) is 5.20. The average Bonchev–Trinajstić information content (AvgIpc) is 2.48. The van der Waals surface area contributed by atoms with E-state index in [0.29, 0.717) is 13.2 Å². The number of benzene rings is 1. The molecule has 1 aliphatic heterocycles. The molecule has 1 fully saturated rings. The number of rotatable bonds is 2. The van der Waals surface area contributed by atoms with Crippen molar-refractivity contribution >= 4 is 24.0 Å². The Kier molecular flexibility index (Phi) is 5.40. The molecule has 1 aromatic rings. The van der Waals surface area contributed by atoms with Crippen LogP contribution in [-0.2, 0) is 22.4 Å². The molecule has 1 aromatic carbocycles. The van der Waals surface area contributed by atoms with Crippen LogP contribution in [-0.4, -0.2) is 31.7 Å². The molecule has 1 saturated heterocycles. The lowest BCUT2D eigenvalue weighted by molar-refractivity contribution is -0.128. The number of amides is 1. The molecule has 2 N–H and O–H groups in total. The molecule has 0 saturated carbocycles. The van der Waals surface area contributed by atoms with Gasteiger partial charge >= 0.3 is 0 Å². The summed E-state index contributed by atoms with van der Waals surface area (Å²) in [6, 6.07) is 6.20.